The number of fused-ring (bicyclic) bond motifs is 1. The quantitative estimate of drug-likeness (QED) is 0.126. The Morgan fingerprint density at radius 3 is 2.61 bits per heavy atom. The van der Waals surface area contributed by atoms with Crippen molar-refractivity contribution in [3.05, 3.63) is 50.7 Å². The molecule has 0 radical (unpaired) electrons. The van der Waals surface area contributed by atoms with E-state index in [1.165, 1.54) is 4.31 Å². The summed E-state index contributed by atoms with van der Waals surface area (Å²) in [7, 11) is -1.01. The maximum Gasteiger partial charge on any atom is 0.255 e. The van der Waals surface area contributed by atoms with Gasteiger partial charge >= 0.3 is 0 Å². The van der Waals surface area contributed by atoms with E-state index < -0.39 is 18.6 Å². The van der Waals surface area contributed by atoms with Crippen molar-refractivity contribution in [3.63, 3.8) is 0 Å². The lowest BCUT2D eigenvalue weighted by molar-refractivity contribution is 0.0964. The molecule has 0 aliphatic heterocycles. The summed E-state index contributed by atoms with van der Waals surface area (Å²) in [6, 6.07) is 9.44. The molecular weight excluding hydrogens is 616 g/mol. The second-order valence-corrected chi connectivity index (χ2v) is 13.5. The first kappa shape index (κ1) is 28.9. The Morgan fingerprint density at radius 2 is 2.00 bits per heavy atom. The van der Waals surface area contributed by atoms with Gasteiger partial charge in [-0.3, -0.25) is 13.6 Å². The highest BCUT2D eigenvalue weighted by Crippen LogP contribution is 2.41. The lowest BCUT2D eigenvalue weighted by atomic mass is 10.0. The summed E-state index contributed by atoms with van der Waals surface area (Å²) >= 11 is -0.365. The largest absolute Gasteiger partial charge is 0.760 e. The van der Waals surface area contributed by atoms with Crippen LogP contribution in [0.4, 0.5) is 0 Å². The van der Waals surface area contributed by atoms with E-state index in [0.29, 0.717) is 48.0 Å². The minimum absolute atomic E-state index is 0.0578. The summed E-state index contributed by atoms with van der Waals surface area (Å²) in [5, 5.41) is 3.22. The van der Waals surface area contributed by atoms with E-state index in [9.17, 15) is 18.1 Å². The molecule has 0 spiro atoms. The van der Waals surface area contributed by atoms with Crippen molar-refractivity contribution >= 4 is 58.2 Å². The SMILES string of the molecule is CCP(C)(=O)OCCCCN(Cc1nc2oc(-c3ccc(C)cc3)c(C(=O)NC)c2cc1I)S(=O)[O-]. The summed E-state index contributed by atoms with van der Waals surface area (Å²) in [6.45, 7) is 6.04. The van der Waals surface area contributed by atoms with Crippen LogP contribution in [-0.4, -0.2) is 57.0 Å². The molecule has 1 N–H and O–H groups in total. The smallest absolute Gasteiger partial charge is 0.255 e. The Balaban J connectivity index is 1.85. The van der Waals surface area contributed by atoms with Crippen molar-refractivity contribution in [2.24, 2.45) is 0 Å². The van der Waals surface area contributed by atoms with Crippen LogP contribution >= 0.6 is 30.0 Å². The number of hydrogen-bond donors (Lipinski definition) is 1. The van der Waals surface area contributed by atoms with E-state index in [0.717, 1.165) is 14.7 Å². The van der Waals surface area contributed by atoms with Crippen molar-refractivity contribution in [1.82, 2.24) is 14.6 Å². The third-order valence-corrected chi connectivity index (χ3v) is 9.30. The number of nitrogens with one attached hydrogen (secondary N) is 1. The van der Waals surface area contributed by atoms with Gasteiger partial charge in [0, 0.05) is 46.8 Å². The number of pyridine rings is 1. The predicted molar refractivity (Wildman–Crippen MR) is 149 cm³/mol. The van der Waals surface area contributed by atoms with Crippen LogP contribution < -0.4 is 5.32 Å². The van der Waals surface area contributed by atoms with Crippen LogP contribution in [0.5, 0.6) is 0 Å². The average molecular weight is 646 g/mol. The number of aromatic nitrogens is 1. The molecule has 2 heterocycles. The Hall–Kier alpha value is -1.63. The van der Waals surface area contributed by atoms with Crippen LogP contribution in [0.25, 0.3) is 22.4 Å². The minimum atomic E-state index is -2.56. The molecule has 9 nitrogen and oxygen atoms in total. The zero-order valence-electron chi connectivity index (χ0n) is 20.7. The van der Waals surface area contributed by atoms with Gasteiger partial charge in [-0.2, -0.15) is 0 Å². The van der Waals surface area contributed by atoms with E-state index in [1.54, 1.807) is 19.8 Å². The van der Waals surface area contributed by atoms with Crippen LogP contribution in [0, 0.1) is 10.5 Å². The van der Waals surface area contributed by atoms with Crippen molar-refractivity contribution in [3.8, 4) is 11.3 Å². The Bertz CT molecular complexity index is 1300. The number of rotatable bonds is 12. The molecule has 2 aromatic heterocycles. The molecule has 0 aliphatic carbocycles. The van der Waals surface area contributed by atoms with Gasteiger partial charge in [-0.25, -0.2) is 9.29 Å². The number of benzene rings is 1. The average Bonchev–Trinajstić information content (AvgIpc) is 3.20. The van der Waals surface area contributed by atoms with E-state index >= 15 is 0 Å². The summed E-state index contributed by atoms with van der Waals surface area (Å²) in [5.41, 5.74) is 3.01. The van der Waals surface area contributed by atoms with Gasteiger partial charge in [-0.1, -0.05) is 36.8 Å². The number of amides is 1. The van der Waals surface area contributed by atoms with Gasteiger partial charge in [0.25, 0.3) is 5.91 Å². The van der Waals surface area contributed by atoms with Crippen molar-refractivity contribution < 1.29 is 27.1 Å². The van der Waals surface area contributed by atoms with Crippen LogP contribution in [0.2, 0.25) is 0 Å². The van der Waals surface area contributed by atoms with E-state index in [2.05, 4.69) is 32.9 Å². The topological polar surface area (TPSA) is 125 Å². The number of unbranched alkanes of at least 4 members (excludes halogenated alkanes) is 1. The van der Waals surface area contributed by atoms with Crippen LogP contribution in [0.1, 0.15) is 41.4 Å². The molecule has 0 aliphatic rings. The molecule has 3 aromatic rings. The van der Waals surface area contributed by atoms with Gasteiger partial charge in [0.05, 0.1) is 29.8 Å². The molecule has 0 saturated heterocycles. The highest BCUT2D eigenvalue weighted by atomic mass is 127. The maximum absolute atomic E-state index is 12.7. The molecule has 0 saturated carbocycles. The summed E-state index contributed by atoms with van der Waals surface area (Å²) < 4.78 is 49.2. The number of halogens is 1. The number of hydrogen-bond acceptors (Lipinski definition) is 7. The number of carbonyl (C=O) groups is 1. The van der Waals surface area contributed by atoms with Gasteiger partial charge in [0.2, 0.25) is 5.71 Å². The zero-order chi connectivity index (χ0) is 26.5. The number of carbonyl (C=O) groups excluding carboxylic acids is 1. The van der Waals surface area contributed by atoms with E-state index in [-0.39, 0.29) is 24.7 Å². The fourth-order valence-electron chi connectivity index (χ4n) is 3.52. The standard InChI is InChI=1S/C24H31IN3O6PS/c1-5-35(4,30)33-13-7-6-12-28(36(31)32)15-20-19(25)14-18-21(23(29)26-3)22(34-24(18)27-20)17-10-8-16(2)9-11-17/h8-11,14H,5-7,12-13,15H2,1-4H3,(H,26,29)(H,31,32)/p-1. The lowest BCUT2D eigenvalue weighted by Crippen LogP contribution is -2.27. The third-order valence-electron chi connectivity index (χ3n) is 5.75. The normalized spacial score (nSPS) is 14.2. The fourth-order valence-corrected chi connectivity index (χ4v) is 5.32. The molecule has 2 unspecified atom stereocenters. The molecule has 196 valence electrons. The van der Waals surface area contributed by atoms with E-state index in [4.69, 9.17) is 8.94 Å². The first-order valence-corrected chi connectivity index (χ1v) is 15.9. The molecule has 1 amide bonds. The van der Waals surface area contributed by atoms with Crippen LogP contribution in [0.15, 0.2) is 34.7 Å². The molecule has 3 rings (SSSR count). The molecule has 12 heteroatoms. The molecule has 36 heavy (non-hydrogen) atoms. The number of furan rings is 1. The molecule has 0 fully saturated rings. The van der Waals surface area contributed by atoms with Gasteiger partial charge in [0.1, 0.15) is 5.76 Å². The first-order chi connectivity index (χ1) is 17.1. The molecule has 0 bridgehead atoms. The number of nitrogens with zero attached hydrogens (tertiary/aromatic N) is 2. The summed E-state index contributed by atoms with van der Waals surface area (Å²) in [6.07, 6.45) is 1.61. The third kappa shape index (κ3) is 7.23. The predicted octanol–water partition coefficient (Wildman–Crippen LogP) is 5.09. The molecular formula is C24H30IN3O6PS-. The second-order valence-electron chi connectivity index (χ2n) is 8.47. The highest BCUT2D eigenvalue weighted by molar-refractivity contribution is 14.1. The summed E-state index contributed by atoms with van der Waals surface area (Å²) in [5.74, 6) is 0.119. The number of aryl methyl sites for hydroxylation is 1. The fraction of sp³-hybridized carbons (Fsp3) is 0.417. The van der Waals surface area contributed by atoms with Crippen LogP contribution in [-0.2, 0) is 26.9 Å². The summed E-state index contributed by atoms with van der Waals surface area (Å²) in [4.78, 5) is 17.3. The van der Waals surface area contributed by atoms with Gasteiger partial charge in [0.15, 0.2) is 7.37 Å². The lowest BCUT2D eigenvalue weighted by Gasteiger charge is -2.24. The minimum Gasteiger partial charge on any atom is -0.760 e. The van der Waals surface area contributed by atoms with Crippen molar-refractivity contribution in [2.75, 3.05) is 33.0 Å². The van der Waals surface area contributed by atoms with E-state index in [1.807, 2.05) is 38.1 Å². The monoisotopic (exact) mass is 646 g/mol. The highest BCUT2D eigenvalue weighted by Gasteiger charge is 2.24. The van der Waals surface area contributed by atoms with Crippen molar-refractivity contribution in [1.29, 1.82) is 0 Å². The second kappa shape index (κ2) is 12.7. The molecule has 2 atom stereocenters. The van der Waals surface area contributed by atoms with Crippen LogP contribution in [0.3, 0.4) is 0 Å². The van der Waals surface area contributed by atoms with Gasteiger partial charge in [-0.05, 0) is 48.4 Å². The van der Waals surface area contributed by atoms with Crippen molar-refractivity contribution in [2.45, 2.75) is 33.2 Å². The zero-order valence-corrected chi connectivity index (χ0v) is 24.6. The Labute approximate surface area is 227 Å². The maximum atomic E-state index is 12.7. The Kier molecular flexibility index (Phi) is 10.2. The van der Waals surface area contributed by atoms with Gasteiger partial charge < -0.3 is 18.8 Å². The van der Waals surface area contributed by atoms with Gasteiger partial charge in [-0.15, -0.1) is 0 Å². The first-order valence-electron chi connectivity index (χ1n) is 11.5. The molecule has 1 aromatic carbocycles. The Morgan fingerprint density at radius 1 is 1.31 bits per heavy atom.